The van der Waals surface area contributed by atoms with Crippen molar-refractivity contribution in [3.05, 3.63) is 33.4 Å². The van der Waals surface area contributed by atoms with Gasteiger partial charge in [0.2, 0.25) is 10.0 Å². The van der Waals surface area contributed by atoms with E-state index >= 15 is 0 Å². The smallest absolute Gasteiger partial charge is 0.289 e. The summed E-state index contributed by atoms with van der Waals surface area (Å²) in [4.78, 5) is 10.4. The van der Waals surface area contributed by atoms with Crippen molar-refractivity contribution in [2.45, 2.75) is 38.1 Å². The quantitative estimate of drug-likeness (QED) is 0.650. The predicted molar refractivity (Wildman–Crippen MR) is 90.3 cm³/mol. The summed E-state index contributed by atoms with van der Waals surface area (Å²) in [7, 11) is -3.91. The number of nitro benzene ring substituents is 1. The molecule has 7 nitrogen and oxygen atoms in total. The van der Waals surface area contributed by atoms with Gasteiger partial charge in [-0.05, 0) is 56.8 Å². The fraction of sp³-hybridized carbons (Fsp3) is 0.571. The minimum absolute atomic E-state index is 0. The monoisotopic (exact) mass is 363 g/mol. The van der Waals surface area contributed by atoms with Gasteiger partial charge in [-0.15, -0.1) is 12.4 Å². The normalized spacial score (nSPS) is 21.9. The molecule has 1 aromatic rings. The average molecular weight is 364 g/mol. The minimum atomic E-state index is -3.91. The van der Waals surface area contributed by atoms with E-state index in [0.717, 1.165) is 0 Å². The first kappa shape index (κ1) is 19.8. The number of sulfonamides is 1. The fourth-order valence-corrected chi connectivity index (χ4v) is 4.81. The van der Waals surface area contributed by atoms with Crippen LogP contribution < -0.4 is 5.73 Å². The molecule has 0 saturated carbocycles. The van der Waals surface area contributed by atoms with E-state index in [2.05, 4.69) is 0 Å². The lowest BCUT2D eigenvalue weighted by molar-refractivity contribution is -0.387. The Hall–Kier alpha value is -1.22. The SMILES string of the molecule is Cc1cc([N+](=O)[O-])c(S(=O)(=O)N2CC(CN)CC2C)cc1C.Cl. The highest BCUT2D eigenvalue weighted by Gasteiger charge is 2.40. The van der Waals surface area contributed by atoms with Gasteiger partial charge in [0.05, 0.1) is 4.92 Å². The Morgan fingerprint density at radius 2 is 1.91 bits per heavy atom. The molecule has 0 amide bonds. The van der Waals surface area contributed by atoms with Crippen LogP contribution in [0, 0.1) is 29.9 Å². The Morgan fingerprint density at radius 3 is 2.39 bits per heavy atom. The summed E-state index contributed by atoms with van der Waals surface area (Å²) < 4.78 is 27.1. The highest BCUT2D eigenvalue weighted by molar-refractivity contribution is 7.89. The molecule has 0 bridgehead atoms. The third-order valence-electron chi connectivity index (χ3n) is 4.30. The maximum Gasteiger partial charge on any atom is 0.289 e. The van der Waals surface area contributed by atoms with E-state index in [1.54, 1.807) is 20.8 Å². The van der Waals surface area contributed by atoms with Gasteiger partial charge in [-0.3, -0.25) is 10.1 Å². The van der Waals surface area contributed by atoms with E-state index < -0.39 is 14.9 Å². The number of nitrogens with two attached hydrogens (primary N) is 1. The van der Waals surface area contributed by atoms with Gasteiger partial charge in [-0.1, -0.05) is 0 Å². The summed E-state index contributed by atoms with van der Waals surface area (Å²) in [5.74, 6) is 0.0929. The van der Waals surface area contributed by atoms with Crippen LogP contribution in [0.15, 0.2) is 17.0 Å². The molecule has 2 N–H and O–H groups in total. The van der Waals surface area contributed by atoms with Crippen molar-refractivity contribution >= 4 is 28.1 Å². The number of hydrogen-bond acceptors (Lipinski definition) is 5. The van der Waals surface area contributed by atoms with E-state index in [-0.39, 0.29) is 34.9 Å². The molecule has 1 fully saturated rings. The number of benzene rings is 1. The highest BCUT2D eigenvalue weighted by atomic mass is 35.5. The molecule has 1 aromatic carbocycles. The molecule has 1 aliphatic heterocycles. The molecule has 0 aliphatic carbocycles. The first-order chi connectivity index (χ1) is 10.2. The van der Waals surface area contributed by atoms with Crippen molar-refractivity contribution < 1.29 is 13.3 Å². The van der Waals surface area contributed by atoms with E-state index in [9.17, 15) is 18.5 Å². The lowest BCUT2D eigenvalue weighted by Gasteiger charge is -2.21. The van der Waals surface area contributed by atoms with Crippen LogP contribution in [-0.2, 0) is 10.0 Å². The van der Waals surface area contributed by atoms with E-state index in [4.69, 9.17) is 5.73 Å². The number of aryl methyl sites for hydroxylation is 2. The van der Waals surface area contributed by atoms with E-state index in [1.165, 1.54) is 16.4 Å². The Bertz CT molecular complexity index is 708. The highest BCUT2D eigenvalue weighted by Crippen LogP contribution is 2.34. The van der Waals surface area contributed by atoms with E-state index in [1.807, 2.05) is 0 Å². The van der Waals surface area contributed by atoms with Crippen molar-refractivity contribution in [2.75, 3.05) is 13.1 Å². The molecule has 2 unspecified atom stereocenters. The Morgan fingerprint density at radius 1 is 1.35 bits per heavy atom. The molecule has 0 spiro atoms. The first-order valence-corrected chi connectivity index (χ1v) is 8.60. The Kier molecular flexibility index (Phi) is 6.14. The van der Waals surface area contributed by atoms with Gasteiger partial charge in [0.25, 0.3) is 5.69 Å². The topological polar surface area (TPSA) is 107 Å². The van der Waals surface area contributed by atoms with Crippen LogP contribution in [0.2, 0.25) is 0 Å². The van der Waals surface area contributed by atoms with Gasteiger partial charge in [0.1, 0.15) is 0 Å². The lowest BCUT2D eigenvalue weighted by atomic mass is 10.1. The molecule has 0 radical (unpaired) electrons. The van der Waals surface area contributed by atoms with Crippen LogP contribution in [0.1, 0.15) is 24.5 Å². The molecule has 23 heavy (non-hydrogen) atoms. The number of rotatable bonds is 4. The summed E-state index contributed by atoms with van der Waals surface area (Å²) in [6.45, 7) is 5.99. The van der Waals surface area contributed by atoms with Crippen LogP contribution in [0.3, 0.4) is 0 Å². The molecule has 130 valence electrons. The molecule has 1 aliphatic rings. The molecule has 1 heterocycles. The number of nitro groups is 1. The van der Waals surface area contributed by atoms with Crippen LogP contribution >= 0.6 is 12.4 Å². The lowest BCUT2D eigenvalue weighted by Crippen LogP contribution is -2.35. The molecular weight excluding hydrogens is 342 g/mol. The summed E-state index contributed by atoms with van der Waals surface area (Å²) in [6.07, 6.45) is 0.675. The molecule has 2 rings (SSSR count). The van der Waals surface area contributed by atoms with Crippen molar-refractivity contribution in [3.63, 3.8) is 0 Å². The van der Waals surface area contributed by atoms with Gasteiger partial charge in [-0.2, -0.15) is 4.31 Å². The fourth-order valence-electron chi connectivity index (χ4n) is 2.86. The number of halogens is 1. The van der Waals surface area contributed by atoms with Gasteiger partial charge in [0.15, 0.2) is 4.90 Å². The van der Waals surface area contributed by atoms with Crippen LogP contribution in [0.25, 0.3) is 0 Å². The standard InChI is InChI=1S/C14H21N3O4S.ClH/c1-9-4-13(17(18)19)14(5-10(9)2)22(20,21)16-8-12(7-15)6-11(16)3;/h4-5,11-12H,6-8,15H2,1-3H3;1H. The van der Waals surface area contributed by atoms with Gasteiger partial charge in [-0.25, -0.2) is 8.42 Å². The third-order valence-corrected chi connectivity index (χ3v) is 6.31. The zero-order valence-electron chi connectivity index (χ0n) is 13.4. The van der Waals surface area contributed by atoms with Gasteiger partial charge in [0, 0.05) is 18.7 Å². The van der Waals surface area contributed by atoms with Crippen LogP contribution in [0.4, 0.5) is 5.69 Å². The van der Waals surface area contributed by atoms with Crippen molar-refractivity contribution in [2.24, 2.45) is 11.7 Å². The average Bonchev–Trinajstić information content (AvgIpc) is 2.83. The zero-order valence-corrected chi connectivity index (χ0v) is 15.0. The van der Waals surface area contributed by atoms with Gasteiger partial charge < -0.3 is 5.73 Å². The first-order valence-electron chi connectivity index (χ1n) is 7.16. The summed E-state index contributed by atoms with van der Waals surface area (Å²) >= 11 is 0. The van der Waals surface area contributed by atoms with Crippen molar-refractivity contribution in [3.8, 4) is 0 Å². The second-order valence-electron chi connectivity index (χ2n) is 5.92. The molecule has 9 heteroatoms. The van der Waals surface area contributed by atoms with Crippen molar-refractivity contribution in [1.29, 1.82) is 0 Å². The Labute approximate surface area is 142 Å². The molecule has 2 atom stereocenters. The van der Waals surface area contributed by atoms with Crippen LogP contribution in [0.5, 0.6) is 0 Å². The van der Waals surface area contributed by atoms with Crippen molar-refractivity contribution in [1.82, 2.24) is 4.31 Å². The molecule has 0 aromatic heterocycles. The zero-order chi connectivity index (χ0) is 16.7. The third kappa shape index (κ3) is 3.65. The van der Waals surface area contributed by atoms with Gasteiger partial charge >= 0.3 is 0 Å². The van der Waals surface area contributed by atoms with Crippen LogP contribution in [-0.4, -0.2) is 36.8 Å². The number of nitrogens with zero attached hydrogens (tertiary/aromatic N) is 2. The summed E-state index contributed by atoms with van der Waals surface area (Å²) in [5.41, 5.74) is 6.67. The second-order valence-corrected chi connectivity index (χ2v) is 7.78. The van der Waals surface area contributed by atoms with E-state index in [0.29, 0.717) is 30.6 Å². The summed E-state index contributed by atoms with van der Waals surface area (Å²) in [5, 5.41) is 11.3. The maximum atomic E-state index is 12.9. The summed E-state index contributed by atoms with van der Waals surface area (Å²) in [6, 6.07) is 2.51. The maximum absolute atomic E-state index is 12.9. The Balaban J connectivity index is 0.00000264. The minimum Gasteiger partial charge on any atom is -0.330 e. The predicted octanol–water partition coefficient (Wildman–Crippen LogP) is 1.99. The largest absolute Gasteiger partial charge is 0.330 e. The number of hydrogen-bond donors (Lipinski definition) is 1. The molecule has 1 saturated heterocycles. The molecular formula is C14H22ClN3O4S. The second kappa shape index (κ2) is 7.12.